The van der Waals surface area contributed by atoms with E-state index >= 15 is 0 Å². The van der Waals surface area contributed by atoms with Crippen molar-refractivity contribution in [1.82, 2.24) is 34.8 Å². The lowest BCUT2D eigenvalue weighted by atomic mass is 10.1. The third kappa shape index (κ3) is 4.29. The standard InChI is InChI=1S/C26H23N7O2/c34-26(32-12-10-31(11-13-32)17-19-5-2-1-3-6-19)20-8-9-23-21(15-20)29-30-33(23)25-16-22(27-18-28-25)24-7-4-14-35-24/h1-9,14-16,18H,10-13,17H2. The molecule has 0 aliphatic carbocycles. The summed E-state index contributed by atoms with van der Waals surface area (Å²) in [5.41, 5.74) is 3.96. The summed E-state index contributed by atoms with van der Waals surface area (Å²) in [6, 6.07) is 21.4. The third-order valence-corrected chi connectivity index (χ3v) is 6.24. The van der Waals surface area contributed by atoms with Gasteiger partial charge in [0.25, 0.3) is 5.91 Å². The normalized spacial score (nSPS) is 14.5. The van der Waals surface area contributed by atoms with Crippen molar-refractivity contribution >= 4 is 16.9 Å². The van der Waals surface area contributed by atoms with E-state index in [0.717, 1.165) is 25.2 Å². The van der Waals surface area contributed by atoms with Gasteiger partial charge >= 0.3 is 0 Å². The number of hydrogen-bond donors (Lipinski definition) is 0. The van der Waals surface area contributed by atoms with E-state index in [2.05, 4.69) is 49.4 Å². The van der Waals surface area contributed by atoms with Crippen LogP contribution in [-0.4, -0.2) is 66.8 Å². The average molecular weight is 466 g/mol. The highest BCUT2D eigenvalue weighted by atomic mass is 16.3. The molecule has 0 spiro atoms. The molecule has 0 saturated carbocycles. The Bertz CT molecular complexity index is 1460. The molecule has 3 aromatic heterocycles. The summed E-state index contributed by atoms with van der Waals surface area (Å²) in [5, 5.41) is 8.55. The Hall–Kier alpha value is -4.37. The van der Waals surface area contributed by atoms with E-state index in [1.54, 1.807) is 23.1 Å². The molecule has 6 rings (SSSR count). The van der Waals surface area contributed by atoms with Gasteiger partial charge in [-0.2, -0.15) is 4.68 Å². The molecule has 0 bridgehead atoms. The Morgan fingerprint density at radius 2 is 1.77 bits per heavy atom. The van der Waals surface area contributed by atoms with Crippen molar-refractivity contribution in [2.75, 3.05) is 26.2 Å². The van der Waals surface area contributed by atoms with E-state index in [0.29, 0.717) is 41.4 Å². The fourth-order valence-corrected chi connectivity index (χ4v) is 4.38. The molecule has 9 heteroatoms. The number of carbonyl (C=O) groups is 1. The lowest BCUT2D eigenvalue weighted by Gasteiger charge is -2.34. The molecule has 4 heterocycles. The van der Waals surface area contributed by atoms with Crippen LogP contribution in [0.3, 0.4) is 0 Å². The second-order valence-electron chi connectivity index (χ2n) is 8.50. The van der Waals surface area contributed by atoms with Gasteiger partial charge in [0, 0.05) is 44.4 Å². The van der Waals surface area contributed by atoms with Crippen molar-refractivity contribution in [3.63, 3.8) is 0 Å². The maximum atomic E-state index is 13.2. The fourth-order valence-electron chi connectivity index (χ4n) is 4.38. The molecule has 1 aliphatic heterocycles. The summed E-state index contributed by atoms with van der Waals surface area (Å²) in [7, 11) is 0. The van der Waals surface area contributed by atoms with E-state index in [1.165, 1.54) is 11.9 Å². The minimum Gasteiger partial charge on any atom is -0.463 e. The molecule has 1 fully saturated rings. The molecule has 1 amide bonds. The minimum absolute atomic E-state index is 0.0166. The highest BCUT2D eigenvalue weighted by molar-refractivity contribution is 5.97. The van der Waals surface area contributed by atoms with Gasteiger partial charge in [-0.1, -0.05) is 35.5 Å². The van der Waals surface area contributed by atoms with Gasteiger partial charge in [0.15, 0.2) is 11.6 Å². The van der Waals surface area contributed by atoms with E-state index in [4.69, 9.17) is 4.42 Å². The van der Waals surface area contributed by atoms with Crippen LogP contribution in [0.25, 0.3) is 28.3 Å². The predicted octanol–water partition coefficient (Wildman–Crippen LogP) is 3.43. The van der Waals surface area contributed by atoms with Crippen molar-refractivity contribution in [3.05, 3.63) is 90.4 Å². The van der Waals surface area contributed by atoms with E-state index in [-0.39, 0.29) is 5.91 Å². The number of piperazine rings is 1. The van der Waals surface area contributed by atoms with Gasteiger partial charge in [0.2, 0.25) is 0 Å². The number of rotatable bonds is 5. The van der Waals surface area contributed by atoms with Crippen LogP contribution in [0.1, 0.15) is 15.9 Å². The van der Waals surface area contributed by atoms with Gasteiger partial charge in [-0.25, -0.2) is 9.97 Å². The van der Waals surface area contributed by atoms with E-state index in [1.807, 2.05) is 35.2 Å². The van der Waals surface area contributed by atoms with Gasteiger partial charge in [-0.3, -0.25) is 9.69 Å². The monoisotopic (exact) mass is 465 g/mol. The zero-order valence-corrected chi connectivity index (χ0v) is 19.0. The van der Waals surface area contributed by atoms with Gasteiger partial charge in [-0.05, 0) is 35.9 Å². The van der Waals surface area contributed by atoms with Crippen molar-refractivity contribution in [3.8, 4) is 17.3 Å². The average Bonchev–Trinajstić information content (AvgIpc) is 3.60. The van der Waals surface area contributed by atoms with Crippen LogP contribution < -0.4 is 0 Å². The SMILES string of the molecule is O=C(c1ccc2c(c1)nnn2-c1cc(-c2ccco2)ncn1)N1CCN(Cc2ccccc2)CC1. The van der Waals surface area contributed by atoms with Crippen LogP contribution in [-0.2, 0) is 6.54 Å². The molecular weight excluding hydrogens is 442 g/mol. The zero-order chi connectivity index (χ0) is 23.6. The van der Waals surface area contributed by atoms with Crippen LogP contribution in [0.2, 0.25) is 0 Å². The van der Waals surface area contributed by atoms with Crippen molar-refractivity contribution in [2.24, 2.45) is 0 Å². The topological polar surface area (TPSA) is 93.2 Å². The zero-order valence-electron chi connectivity index (χ0n) is 19.0. The summed E-state index contributed by atoms with van der Waals surface area (Å²) in [5.74, 6) is 1.24. The molecule has 1 aliphatic rings. The van der Waals surface area contributed by atoms with Crippen molar-refractivity contribution < 1.29 is 9.21 Å². The minimum atomic E-state index is 0.0166. The Morgan fingerprint density at radius 1 is 0.914 bits per heavy atom. The molecule has 0 atom stereocenters. The van der Waals surface area contributed by atoms with Gasteiger partial charge < -0.3 is 9.32 Å². The van der Waals surface area contributed by atoms with Crippen LogP contribution >= 0.6 is 0 Å². The Labute approximate surface area is 201 Å². The van der Waals surface area contributed by atoms with Crippen LogP contribution in [0.5, 0.6) is 0 Å². The fraction of sp³-hybridized carbons (Fsp3) is 0.192. The third-order valence-electron chi connectivity index (χ3n) is 6.24. The lowest BCUT2D eigenvalue weighted by molar-refractivity contribution is 0.0628. The van der Waals surface area contributed by atoms with Gasteiger partial charge in [0.05, 0.1) is 11.8 Å². The highest BCUT2D eigenvalue weighted by Crippen LogP contribution is 2.22. The maximum absolute atomic E-state index is 13.2. The predicted molar refractivity (Wildman–Crippen MR) is 130 cm³/mol. The number of aromatic nitrogens is 5. The molecule has 1 saturated heterocycles. The molecule has 5 aromatic rings. The van der Waals surface area contributed by atoms with Gasteiger partial charge in [-0.15, -0.1) is 5.10 Å². The molecule has 0 radical (unpaired) electrons. The second kappa shape index (κ2) is 9.11. The van der Waals surface area contributed by atoms with E-state index < -0.39 is 0 Å². The van der Waals surface area contributed by atoms with E-state index in [9.17, 15) is 4.79 Å². The number of benzene rings is 2. The van der Waals surface area contributed by atoms with Crippen LogP contribution in [0.15, 0.2) is 83.7 Å². The molecule has 2 aromatic carbocycles. The molecule has 35 heavy (non-hydrogen) atoms. The first kappa shape index (κ1) is 21.2. The number of furan rings is 1. The number of amides is 1. The maximum Gasteiger partial charge on any atom is 0.254 e. The number of hydrogen-bond acceptors (Lipinski definition) is 7. The number of fused-ring (bicyclic) bond motifs is 1. The van der Waals surface area contributed by atoms with Crippen LogP contribution in [0, 0.1) is 0 Å². The Balaban J connectivity index is 1.17. The second-order valence-corrected chi connectivity index (χ2v) is 8.50. The summed E-state index contributed by atoms with van der Waals surface area (Å²) in [4.78, 5) is 26.1. The van der Waals surface area contributed by atoms with Crippen molar-refractivity contribution in [1.29, 1.82) is 0 Å². The molecule has 0 unspecified atom stereocenters. The number of carbonyl (C=O) groups excluding carboxylic acids is 1. The summed E-state index contributed by atoms with van der Waals surface area (Å²) < 4.78 is 7.07. The Morgan fingerprint density at radius 3 is 2.57 bits per heavy atom. The number of nitrogens with zero attached hydrogens (tertiary/aromatic N) is 7. The van der Waals surface area contributed by atoms with Gasteiger partial charge in [0.1, 0.15) is 17.5 Å². The Kier molecular flexibility index (Phi) is 5.51. The first-order valence-corrected chi connectivity index (χ1v) is 11.5. The summed E-state index contributed by atoms with van der Waals surface area (Å²) in [6.45, 7) is 4.01. The first-order valence-electron chi connectivity index (χ1n) is 11.5. The van der Waals surface area contributed by atoms with Crippen LogP contribution in [0.4, 0.5) is 0 Å². The lowest BCUT2D eigenvalue weighted by Crippen LogP contribution is -2.48. The highest BCUT2D eigenvalue weighted by Gasteiger charge is 2.23. The summed E-state index contributed by atoms with van der Waals surface area (Å²) >= 11 is 0. The quantitative estimate of drug-likeness (QED) is 0.393. The molecule has 9 nitrogen and oxygen atoms in total. The molecule has 0 N–H and O–H groups in total. The smallest absolute Gasteiger partial charge is 0.254 e. The summed E-state index contributed by atoms with van der Waals surface area (Å²) in [6.07, 6.45) is 3.07. The van der Waals surface area contributed by atoms with Crippen molar-refractivity contribution in [2.45, 2.75) is 6.54 Å². The largest absolute Gasteiger partial charge is 0.463 e. The first-order chi connectivity index (χ1) is 17.2. The molecular formula is C26H23N7O2. The molecule has 174 valence electrons.